The quantitative estimate of drug-likeness (QED) is 0.864. The molecule has 0 saturated heterocycles. The molecule has 3 nitrogen and oxygen atoms in total. The third-order valence-electron chi connectivity index (χ3n) is 4.48. The van der Waals surface area contributed by atoms with Crippen LogP contribution in [0.2, 0.25) is 0 Å². The number of Topliss-reactive ketones (excluding diaryl/α,β-unsaturated/α-hetero) is 1. The van der Waals surface area contributed by atoms with Crippen molar-refractivity contribution in [1.29, 1.82) is 0 Å². The minimum Gasteiger partial charge on any atom is -0.341 e. The number of carbonyl (C=O) groups is 2. The fourth-order valence-electron chi connectivity index (χ4n) is 3.23. The lowest BCUT2D eigenvalue weighted by atomic mass is 9.99. The van der Waals surface area contributed by atoms with Gasteiger partial charge in [0.25, 0.3) is 0 Å². The standard InChI is InChI=1S/C20H21NO2/c1-21(20(23)16-11-12-18(22)13-16)14-17-9-5-6-10-19(17)15-7-3-2-4-8-15/h2-10,16H,11-14H2,1H3. The molecule has 118 valence electrons. The summed E-state index contributed by atoms with van der Waals surface area (Å²) in [5.41, 5.74) is 3.43. The average molecular weight is 307 g/mol. The highest BCUT2D eigenvalue weighted by Gasteiger charge is 2.30. The molecule has 3 rings (SSSR count). The molecule has 0 radical (unpaired) electrons. The van der Waals surface area contributed by atoms with Gasteiger partial charge in [0, 0.05) is 32.4 Å². The van der Waals surface area contributed by atoms with E-state index in [9.17, 15) is 9.59 Å². The first-order chi connectivity index (χ1) is 11.1. The molecule has 1 amide bonds. The van der Waals surface area contributed by atoms with Gasteiger partial charge >= 0.3 is 0 Å². The summed E-state index contributed by atoms with van der Waals surface area (Å²) in [6.07, 6.45) is 1.65. The predicted molar refractivity (Wildman–Crippen MR) is 90.7 cm³/mol. The molecule has 23 heavy (non-hydrogen) atoms. The predicted octanol–water partition coefficient (Wildman–Crippen LogP) is 3.68. The van der Waals surface area contributed by atoms with Gasteiger partial charge in [0.15, 0.2) is 0 Å². The lowest BCUT2D eigenvalue weighted by Crippen LogP contribution is -2.31. The number of amides is 1. The fraction of sp³-hybridized carbons (Fsp3) is 0.300. The molecule has 1 aliphatic rings. The lowest BCUT2D eigenvalue weighted by molar-refractivity contribution is -0.135. The van der Waals surface area contributed by atoms with Crippen molar-refractivity contribution >= 4 is 11.7 Å². The summed E-state index contributed by atoms with van der Waals surface area (Å²) in [7, 11) is 1.83. The van der Waals surface area contributed by atoms with E-state index in [-0.39, 0.29) is 17.6 Å². The summed E-state index contributed by atoms with van der Waals surface area (Å²) in [5.74, 6) is 0.163. The molecule has 0 spiro atoms. The number of hydrogen-bond donors (Lipinski definition) is 0. The van der Waals surface area contributed by atoms with E-state index < -0.39 is 0 Å². The third-order valence-corrected chi connectivity index (χ3v) is 4.48. The van der Waals surface area contributed by atoms with E-state index in [1.54, 1.807) is 4.90 Å². The topological polar surface area (TPSA) is 37.4 Å². The van der Waals surface area contributed by atoms with Crippen LogP contribution in [0.3, 0.4) is 0 Å². The first-order valence-corrected chi connectivity index (χ1v) is 8.05. The molecule has 3 heteroatoms. The number of benzene rings is 2. The summed E-state index contributed by atoms with van der Waals surface area (Å²) in [6.45, 7) is 0.564. The molecule has 0 aliphatic heterocycles. The van der Waals surface area contributed by atoms with Crippen molar-refractivity contribution < 1.29 is 9.59 Å². The van der Waals surface area contributed by atoms with Crippen LogP contribution in [0.4, 0.5) is 0 Å². The van der Waals surface area contributed by atoms with Crippen LogP contribution in [0.5, 0.6) is 0 Å². The Labute approximate surface area is 136 Å². The summed E-state index contributed by atoms with van der Waals surface area (Å²) in [4.78, 5) is 25.7. The highest BCUT2D eigenvalue weighted by atomic mass is 16.2. The molecule has 1 atom stereocenters. The molecular weight excluding hydrogens is 286 g/mol. The maximum Gasteiger partial charge on any atom is 0.226 e. The van der Waals surface area contributed by atoms with E-state index in [0.717, 1.165) is 16.7 Å². The molecular formula is C20H21NO2. The van der Waals surface area contributed by atoms with E-state index in [4.69, 9.17) is 0 Å². The molecule has 1 saturated carbocycles. The molecule has 0 heterocycles. The second-order valence-electron chi connectivity index (χ2n) is 6.20. The second-order valence-corrected chi connectivity index (χ2v) is 6.20. The number of ketones is 1. The molecule has 2 aromatic rings. The third kappa shape index (κ3) is 3.50. The van der Waals surface area contributed by atoms with Crippen molar-refractivity contribution in [2.45, 2.75) is 25.8 Å². The molecule has 2 aromatic carbocycles. The minimum absolute atomic E-state index is 0.0821. The average Bonchev–Trinajstić information content (AvgIpc) is 3.02. The van der Waals surface area contributed by atoms with Gasteiger partial charge < -0.3 is 4.90 Å². The molecule has 1 fully saturated rings. The second kappa shape index (κ2) is 6.78. The Balaban J connectivity index is 1.78. The Kier molecular flexibility index (Phi) is 4.56. The molecule has 1 unspecified atom stereocenters. The van der Waals surface area contributed by atoms with Crippen LogP contribution in [0, 0.1) is 5.92 Å². The van der Waals surface area contributed by atoms with Gasteiger partial charge in [-0.15, -0.1) is 0 Å². The highest BCUT2D eigenvalue weighted by molar-refractivity contribution is 5.90. The van der Waals surface area contributed by atoms with Gasteiger partial charge in [0.1, 0.15) is 5.78 Å². The van der Waals surface area contributed by atoms with Gasteiger partial charge in [-0.1, -0.05) is 54.6 Å². The zero-order valence-corrected chi connectivity index (χ0v) is 13.4. The van der Waals surface area contributed by atoms with E-state index in [2.05, 4.69) is 24.3 Å². The first kappa shape index (κ1) is 15.5. The Hall–Kier alpha value is -2.42. The molecule has 0 bridgehead atoms. The maximum atomic E-state index is 12.5. The van der Waals surface area contributed by atoms with Crippen LogP contribution in [0.1, 0.15) is 24.8 Å². The van der Waals surface area contributed by atoms with Gasteiger partial charge in [-0.2, -0.15) is 0 Å². The normalized spacial score (nSPS) is 17.3. The summed E-state index contributed by atoms with van der Waals surface area (Å²) >= 11 is 0. The number of nitrogens with zero attached hydrogens (tertiary/aromatic N) is 1. The molecule has 0 aromatic heterocycles. The monoisotopic (exact) mass is 307 g/mol. The molecule has 0 N–H and O–H groups in total. The van der Waals surface area contributed by atoms with Crippen LogP contribution >= 0.6 is 0 Å². The fourth-order valence-corrected chi connectivity index (χ4v) is 3.23. The Bertz CT molecular complexity index is 709. The highest BCUT2D eigenvalue weighted by Crippen LogP contribution is 2.27. The van der Waals surface area contributed by atoms with Crippen LogP contribution in [-0.4, -0.2) is 23.6 Å². The Morgan fingerprint density at radius 2 is 1.78 bits per heavy atom. The van der Waals surface area contributed by atoms with Gasteiger partial charge in [0.05, 0.1) is 0 Å². The van der Waals surface area contributed by atoms with Crippen LogP contribution in [0.15, 0.2) is 54.6 Å². The van der Waals surface area contributed by atoms with Gasteiger partial charge in [-0.3, -0.25) is 9.59 Å². The summed E-state index contributed by atoms with van der Waals surface area (Å²) in [5, 5.41) is 0. The SMILES string of the molecule is CN(Cc1ccccc1-c1ccccc1)C(=O)C1CCC(=O)C1. The van der Waals surface area contributed by atoms with Crippen molar-refractivity contribution in [2.24, 2.45) is 5.92 Å². The van der Waals surface area contributed by atoms with Crippen molar-refractivity contribution in [3.8, 4) is 11.1 Å². The number of hydrogen-bond acceptors (Lipinski definition) is 2. The van der Waals surface area contributed by atoms with Crippen LogP contribution in [-0.2, 0) is 16.1 Å². The van der Waals surface area contributed by atoms with E-state index in [0.29, 0.717) is 25.8 Å². The van der Waals surface area contributed by atoms with Gasteiger partial charge in [-0.25, -0.2) is 0 Å². The lowest BCUT2D eigenvalue weighted by Gasteiger charge is -2.22. The zero-order valence-electron chi connectivity index (χ0n) is 13.4. The van der Waals surface area contributed by atoms with Crippen molar-refractivity contribution in [1.82, 2.24) is 4.90 Å². The number of carbonyl (C=O) groups excluding carboxylic acids is 2. The van der Waals surface area contributed by atoms with E-state index in [1.807, 2.05) is 37.4 Å². The first-order valence-electron chi connectivity index (χ1n) is 8.05. The molecule has 1 aliphatic carbocycles. The van der Waals surface area contributed by atoms with Crippen molar-refractivity contribution in [3.63, 3.8) is 0 Å². The number of rotatable bonds is 4. The van der Waals surface area contributed by atoms with Crippen molar-refractivity contribution in [2.75, 3.05) is 7.05 Å². The van der Waals surface area contributed by atoms with E-state index >= 15 is 0 Å². The maximum absolute atomic E-state index is 12.5. The summed E-state index contributed by atoms with van der Waals surface area (Å²) in [6, 6.07) is 18.4. The minimum atomic E-state index is -0.128. The Morgan fingerprint density at radius 3 is 2.48 bits per heavy atom. The van der Waals surface area contributed by atoms with E-state index in [1.165, 1.54) is 0 Å². The Morgan fingerprint density at radius 1 is 1.09 bits per heavy atom. The zero-order chi connectivity index (χ0) is 16.2. The van der Waals surface area contributed by atoms with Gasteiger partial charge in [0.2, 0.25) is 5.91 Å². The van der Waals surface area contributed by atoms with Gasteiger partial charge in [-0.05, 0) is 23.1 Å². The van der Waals surface area contributed by atoms with Crippen molar-refractivity contribution in [3.05, 3.63) is 60.2 Å². The smallest absolute Gasteiger partial charge is 0.226 e. The van der Waals surface area contributed by atoms with Crippen LogP contribution in [0.25, 0.3) is 11.1 Å². The summed E-state index contributed by atoms with van der Waals surface area (Å²) < 4.78 is 0. The van der Waals surface area contributed by atoms with Crippen LogP contribution < -0.4 is 0 Å². The largest absolute Gasteiger partial charge is 0.341 e.